The third-order valence-electron chi connectivity index (χ3n) is 4.28. The minimum Gasteiger partial charge on any atom is -0.476 e. The third-order valence-corrected chi connectivity index (χ3v) is 4.53. The minimum atomic E-state index is -0.588. The van der Waals surface area contributed by atoms with Crippen molar-refractivity contribution in [2.75, 3.05) is 6.61 Å². The maximum absolute atomic E-state index is 6.21. The van der Waals surface area contributed by atoms with Crippen molar-refractivity contribution in [2.45, 2.75) is 64.3 Å². The highest BCUT2D eigenvalue weighted by Crippen LogP contribution is 2.51. The van der Waals surface area contributed by atoms with Crippen LogP contribution in [0.5, 0.6) is 0 Å². The smallest absolute Gasteiger partial charge is 0.221 e. The lowest BCUT2D eigenvalue weighted by Gasteiger charge is -2.58. The van der Waals surface area contributed by atoms with Gasteiger partial charge >= 0.3 is 0 Å². The van der Waals surface area contributed by atoms with Crippen LogP contribution >= 0.6 is 11.6 Å². The van der Waals surface area contributed by atoms with E-state index in [4.69, 9.17) is 26.2 Å². The summed E-state index contributed by atoms with van der Waals surface area (Å²) in [5.74, 6) is 0.683. The van der Waals surface area contributed by atoms with Crippen LogP contribution < -0.4 is 0 Å². The molecule has 0 amide bonds. The van der Waals surface area contributed by atoms with Crippen molar-refractivity contribution in [2.24, 2.45) is 4.99 Å². The lowest BCUT2D eigenvalue weighted by molar-refractivity contribution is -0.399. The second-order valence-corrected chi connectivity index (χ2v) is 8.60. The summed E-state index contributed by atoms with van der Waals surface area (Å²) in [4.78, 5) is 11.0. The molecule has 2 atom stereocenters. The third kappa shape index (κ3) is 2.88. The van der Waals surface area contributed by atoms with Gasteiger partial charge in [0.15, 0.2) is 5.60 Å². The molecule has 0 aliphatic carbocycles. The van der Waals surface area contributed by atoms with Crippen molar-refractivity contribution < 1.29 is 9.57 Å². The highest BCUT2D eigenvalue weighted by molar-refractivity contribution is 6.30. The molecule has 4 nitrogen and oxygen atoms in total. The van der Waals surface area contributed by atoms with E-state index in [0.29, 0.717) is 12.5 Å². The molecule has 3 rings (SSSR count). The minimum absolute atomic E-state index is 0.0346. The number of ether oxygens (including phenoxy) is 1. The Kier molecular flexibility index (Phi) is 3.79. The summed E-state index contributed by atoms with van der Waals surface area (Å²) in [6.45, 7) is 13.2. The molecule has 0 bridgehead atoms. The standard InChI is InChI=1S/C18H25ClN2O2/c1-16(2,3)21-14(12-7-9-13(19)10-8-12)18(6,23-21)15-20-17(4,5)11-22-15/h7-10,14H,11H2,1-6H3/t14-,18-/m1/s1. The summed E-state index contributed by atoms with van der Waals surface area (Å²) in [6.07, 6.45) is 0. The van der Waals surface area contributed by atoms with E-state index in [1.807, 2.05) is 29.3 Å². The molecule has 2 aliphatic heterocycles. The molecule has 126 valence electrons. The fourth-order valence-corrected chi connectivity index (χ4v) is 3.22. The summed E-state index contributed by atoms with van der Waals surface area (Å²) < 4.78 is 5.88. The van der Waals surface area contributed by atoms with E-state index in [1.165, 1.54) is 0 Å². The molecule has 2 heterocycles. The molecule has 23 heavy (non-hydrogen) atoms. The van der Waals surface area contributed by atoms with E-state index in [2.05, 4.69) is 41.5 Å². The number of hydroxylamine groups is 2. The van der Waals surface area contributed by atoms with Gasteiger partial charge in [0.05, 0.1) is 5.54 Å². The topological polar surface area (TPSA) is 34.1 Å². The van der Waals surface area contributed by atoms with Crippen molar-refractivity contribution in [1.29, 1.82) is 0 Å². The molecule has 1 aromatic carbocycles. The van der Waals surface area contributed by atoms with E-state index in [9.17, 15) is 0 Å². The normalized spacial score (nSPS) is 30.6. The van der Waals surface area contributed by atoms with Crippen molar-refractivity contribution in [1.82, 2.24) is 5.06 Å². The van der Waals surface area contributed by atoms with Gasteiger partial charge < -0.3 is 4.74 Å². The van der Waals surface area contributed by atoms with Gasteiger partial charge in [-0.25, -0.2) is 4.99 Å². The Morgan fingerprint density at radius 2 is 1.78 bits per heavy atom. The average Bonchev–Trinajstić information content (AvgIpc) is 2.78. The molecule has 0 saturated carbocycles. The number of hydrogen-bond donors (Lipinski definition) is 0. The zero-order valence-electron chi connectivity index (χ0n) is 14.7. The molecule has 0 N–H and O–H groups in total. The molecule has 1 fully saturated rings. The van der Waals surface area contributed by atoms with Gasteiger partial charge in [-0.1, -0.05) is 23.7 Å². The molecular weight excluding hydrogens is 312 g/mol. The van der Waals surface area contributed by atoms with Crippen molar-refractivity contribution in [3.63, 3.8) is 0 Å². The number of hydrogen-bond acceptors (Lipinski definition) is 4. The maximum atomic E-state index is 6.21. The van der Waals surface area contributed by atoms with Gasteiger partial charge in [0.2, 0.25) is 5.90 Å². The molecule has 1 saturated heterocycles. The van der Waals surface area contributed by atoms with Crippen LogP contribution in [0, 0.1) is 0 Å². The summed E-state index contributed by atoms with van der Waals surface area (Å²) in [6, 6.07) is 7.96. The van der Waals surface area contributed by atoms with Gasteiger partial charge in [-0.2, -0.15) is 5.06 Å². The molecular formula is C18H25ClN2O2. The number of nitrogens with zero attached hydrogens (tertiary/aromatic N) is 2. The fraction of sp³-hybridized carbons (Fsp3) is 0.611. The lowest BCUT2D eigenvalue weighted by Crippen LogP contribution is -2.68. The first kappa shape index (κ1) is 16.7. The summed E-state index contributed by atoms with van der Waals surface area (Å²) in [5.41, 5.74) is 0.232. The first-order chi connectivity index (χ1) is 10.5. The van der Waals surface area contributed by atoms with Crippen LogP contribution in [0.4, 0.5) is 0 Å². The zero-order valence-corrected chi connectivity index (χ0v) is 15.4. The fourth-order valence-electron chi connectivity index (χ4n) is 3.10. The second kappa shape index (κ2) is 5.20. The maximum Gasteiger partial charge on any atom is 0.221 e. The van der Waals surface area contributed by atoms with Crippen molar-refractivity contribution in [3.8, 4) is 0 Å². The summed E-state index contributed by atoms with van der Waals surface area (Å²) >= 11 is 6.05. The van der Waals surface area contributed by atoms with Gasteiger partial charge in [-0.05, 0) is 59.2 Å². The second-order valence-electron chi connectivity index (χ2n) is 8.17. The lowest BCUT2D eigenvalue weighted by atomic mass is 9.83. The number of aliphatic imine (C=N–C) groups is 1. The highest BCUT2D eigenvalue weighted by atomic mass is 35.5. The van der Waals surface area contributed by atoms with Crippen LogP contribution in [0.3, 0.4) is 0 Å². The van der Waals surface area contributed by atoms with E-state index in [0.717, 1.165) is 10.6 Å². The van der Waals surface area contributed by atoms with Gasteiger partial charge in [-0.15, -0.1) is 0 Å². The number of benzene rings is 1. The van der Waals surface area contributed by atoms with E-state index in [1.54, 1.807) is 0 Å². The van der Waals surface area contributed by atoms with E-state index < -0.39 is 5.60 Å². The quantitative estimate of drug-likeness (QED) is 0.803. The van der Waals surface area contributed by atoms with Gasteiger partial charge in [-0.3, -0.25) is 4.84 Å². The Labute approximate surface area is 143 Å². The van der Waals surface area contributed by atoms with Gasteiger partial charge in [0.1, 0.15) is 12.6 Å². The summed E-state index contributed by atoms with van der Waals surface area (Å²) in [7, 11) is 0. The first-order valence-electron chi connectivity index (χ1n) is 8.00. The highest BCUT2D eigenvalue weighted by Gasteiger charge is 2.61. The van der Waals surface area contributed by atoms with Gasteiger partial charge in [0.25, 0.3) is 0 Å². The molecule has 2 aliphatic rings. The Morgan fingerprint density at radius 3 is 2.26 bits per heavy atom. The number of rotatable bonds is 2. The van der Waals surface area contributed by atoms with Crippen LogP contribution in [0.15, 0.2) is 29.3 Å². The molecule has 0 radical (unpaired) electrons. The van der Waals surface area contributed by atoms with E-state index >= 15 is 0 Å². The Balaban J connectivity index is 1.99. The van der Waals surface area contributed by atoms with Crippen LogP contribution in [0.1, 0.15) is 53.1 Å². The molecule has 0 aromatic heterocycles. The van der Waals surface area contributed by atoms with Crippen LogP contribution in [0.2, 0.25) is 5.02 Å². The Morgan fingerprint density at radius 1 is 1.17 bits per heavy atom. The molecule has 5 heteroatoms. The van der Waals surface area contributed by atoms with E-state index in [-0.39, 0.29) is 17.1 Å². The van der Waals surface area contributed by atoms with Crippen LogP contribution in [-0.2, 0) is 9.57 Å². The molecule has 1 aromatic rings. The largest absolute Gasteiger partial charge is 0.476 e. The predicted molar refractivity (Wildman–Crippen MR) is 92.7 cm³/mol. The monoisotopic (exact) mass is 336 g/mol. The first-order valence-corrected chi connectivity index (χ1v) is 8.38. The predicted octanol–water partition coefficient (Wildman–Crippen LogP) is 4.39. The number of halogens is 1. The van der Waals surface area contributed by atoms with Crippen molar-refractivity contribution >= 4 is 17.5 Å². The Bertz CT molecular complexity index is 633. The van der Waals surface area contributed by atoms with Crippen LogP contribution in [-0.4, -0.2) is 34.2 Å². The zero-order chi connectivity index (χ0) is 17.0. The molecule has 0 unspecified atom stereocenters. The van der Waals surface area contributed by atoms with Gasteiger partial charge in [0, 0.05) is 10.6 Å². The van der Waals surface area contributed by atoms with Crippen LogP contribution in [0.25, 0.3) is 0 Å². The average molecular weight is 337 g/mol. The summed E-state index contributed by atoms with van der Waals surface area (Å²) in [5, 5.41) is 2.75. The SMILES string of the molecule is CC1(C)COC([C@]2(C)ON(C(C)(C)C)[C@@H]2c2ccc(Cl)cc2)=N1. The van der Waals surface area contributed by atoms with Crippen molar-refractivity contribution in [3.05, 3.63) is 34.9 Å². The Hall–Kier alpha value is -1.10. The molecule has 0 spiro atoms.